The van der Waals surface area contributed by atoms with E-state index in [1.54, 1.807) is 33.8 Å². The van der Waals surface area contributed by atoms with Crippen molar-refractivity contribution in [3.8, 4) is 0 Å². The maximum absolute atomic E-state index is 12.3. The van der Waals surface area contributed by atoms with Crippen LogP contribution in [0.25, 0.3) is 0 Å². The van der Waals surface area contributed by atoms with E-state index in [2.05, 4.69) is 4.72 Å². The fourth-order valence-electron chi connectivity index (χ4n) is 1.73. The van der Waals surface area contributed by atoms with E-state index in [1.807, 2.05) is 19.9 Å². The third-order valence-electron chi connectivity index (χ3n) is 3.34. The average molecular weight is 297 g/mol. The molecule has 0 aliphatic rings. The molecule has 1 rings (SSSR count). The van der Waals surface area contributed by atoms with Gasteiger partial charge in [-0.2, -0.15) is 0 Å². The third kappa shape index (κ3) is 3.90. The van der Waals surface area contributed by atoms with Crippen molar-refractivity contribution >= 4 is 15.8 Å². The number of sulfonamides is 1. The van der Waals surface area contributed by atoms with Crippen molar-refractivity contribution in [3.63, 3.8) is 0 Å². The molecule has 0 spiro atoms. The number of carbonyl (C=O) groups excluding carboxylic acids is 1. The first kappa shape index (κ1) is 16.9. The van der Waals surface area contributed by atoms with E-state index in [0.29, 0.717) is 5.56 Å². The Morgan fingerprint density at radius 1 is 1.05 bits per heavy atom. The predicted molar refractivity (Wildman–Crippen MR) is 80.3 cm³/mol. The van der Waals surface area contributed by atoms with Gasteiger partial charge in [-0.25, -0.2) is 13.1 Å². The smallest absolute Gasteiger partial charge is 0.241 e. The SMILES string of the molecule is Cc1cc(C)c(S(=O)(=O)NCC(=O)C(C)(C)C)cc1C. The van der Waals surface area contributed by atoms with Crippen molar-refractivity contribution < 1.29 is 13.2 Å². The lowest BCUT2D eigenvalue weighted by atomic mass is 9.91. The molecule has 4 nitrogen and oxygen atoms in total. The lowest BCUT2D eigenvalue weighted by Crippen LogP contribution is -2.35. The highest BCUT2D eigenvalue weighted by atomic mass is 32.2. The summed E-state index contributed by atoms with van der Waals surface area (Å²) in [5.41, 5.74) is 2.09. The van der Waals surface area contributed by atoms with Gasteiger partial charge in [0.2, 0.25) is 10.0 Å². The monoisotopic (exact) mass is 297 g/mol. The molecule has 0 bridgehead atoms. The number of nitrogens with one attached hydrogen (secondary N) is 1. The molecule has 20 heavy (non-hydrogen) atoms. The van der Waals surface area contributed by atoms with Gasteiger partial charge >= 0.3 is 0 Å². The molecule has 0 aliphatic carbocycles. The molecule has 1 N–H and O–H groups in total. The summed E-state index contributed by atoms with van der Waals surface area (Å²) in [4.78, 5) is 12.1. The van der Waals surface area contributed by atoms with Gasteiger partial charge in [0.15, 0.2) is 5.78 Å². The molecule has 0 atom stereocenters. The predicted octanol–water partition coefficient (Wildman–Crippen LogP) is 2.51. The zero-order valence-corrected chi connectivity index (χ0v) is 13.8. The van der Waals surface area contributed by atoms with Gasteiger partial charge in [0.1, 0.15) is 0 Å². The van der Waals surface area contributed by atoms with Gasteiger partial charge < -0.3 is 0 Å². The van der Waals surface area contributed by atoms with Gasteiger partial charge in [-0.3, -0.25) is 4.79 Å². The maximum Gasteiger partial charge on any atom is 0.241 e. The Morgan fingerprint density at radius 3 is 2.05 bits per heavy atom. The molecular weight excluding hydrogens is 274 g/mol. The van der Waals surface area contributed by atoms with Gasteiger partial charge in [-0.1, -0.05) is 26.8 Å². The minimum atomic E-state index is -3.66. The Labute approximate surface area is 121 Å². The molecule has 112 valence electrons. The summed E-state index contributed by atoms with van der Waals surface area (Å²) < 4.78 is 27.0. The number of hydrogen-bond donors (Lipinski definition) is 1. The molecule has 0 aliphatic heterocycles. The zero-order chi connectivity index (χ0) is 15.7. The summed E-state index contributed by atoms with van der Waals surface area (Å²) in [6.07, 6.45) is 0. The fraction of sp³-hybridized carbons (Fsp3) is 0.533. The van der Waals surface area contributed by atoms with Crippen LogP contribution in [0, 0.1) is 26.2 Å². The molecule has 5 heteroatoms. The highest BCUT2D eigenvalue weighted by molar-refractivity contribution is 7.89. The molecule has 1 aromatic carbocycles. The summed E-state index contributed by atoms with van der Waals surface area (Å²) in [6.45, 7) is 10.7. The van der Waals surface area contributed by atoms with E-state index in [4.69, 9.17) is 0 Å². The van der Waals surface area contributed by atoms with E-state index in [1.165, 1.54) is 0 Å². The molecule has 0 fully saturated rings. The summed E-state index contributed by atoms with van der Waals surface area (Å²) in [6, 6.07) is 3.49. The molecule has 0 unspecified atom stereocenters. The van der Waals surface area contributed by atoms with Crippen molar-refractivity contribution in [2.24, 2.45) is 5.41 Å². The third-order valence-corrected chi connectivity index (χ3v) is 4.88. The van der Waals surface area contributed by atoms with Crippen LogP contribution in [-0.2, 0) is 14.8 Å². The van der Waals surface area contributed by atoms with Gasteiger partial charge in [0.05, 0.1) is 11.4 Å². The van der Waals surface area contributed by atoms with Crippen LogP contribution in [0.3, 0.4) is 0 Å². The van der Waals surface area contributed by atoms with Crippen molar-refractivity contribution in [1.29, 1.82) is 0 Å². The van der Waals surface area contributed by atoms with Gasteiger partial charge in [0.25, 0.3) is 0 Å². The molecule has 1 aromatic rings. The van der Waals surface area contributed by atoms with Gasteiger partial charge in [-0.05, 0) is 43.5 Å². The van der Waals surface area contributed by atoms with Gasteiger partial charge in [0, 0.05) is 5.41 Å². The number of hydrogen-bond acceptors (Lipinski definition) is 3. The van der Waals surface area contributed by atoms with Gasteiger partial charge in [-0.15, -0.1) is 0 Å². The first-order valence-corrected chi connectivity index (χ1v) is 8.04. The van der Waals surface area contributed by atoms with Crippen LogP contribution in [0.5, 0.6) is 0 Å². The van der Waals surface area contributed by atoms with Crippen LogP contribution >= 0.6 is 0 Å². The van der Waals surface area contributed by atoms with Crippen molar-refractivity contribution in [2.75, 3.05) is 6.54 Å². The van der Waals surface area contributed by atoms with E-state index >= 15 is 0 Å². The zero-order valence-electron chi connectivity index (χ0n) is 13.0. The van der Waals surface area contributed by atoms with E-state index in [9.17, 15) is 13.2 Å². The van der Waals surface area contributed by atoms with Crippen LogP contribution in [-0.4, -0.2) is 20.7 Å². The van der Waals surface area contributed by atoms with Crippen molar-refractivity contribution in [3.05, 3.63) is 28.8 Å². The lowest BCUT2D eigenvalue weighted by Gasteiger charge is -2.17. The number of carbonyl (C=O) groups is 1. The second-order valence-electron chi connectivity index (χ2n) is 6.20. The summed E-state index contributed by atoms with van der Waals surface area (Å²) in [7, 11) is -3.66. The number of Topliss-reactive ketones (excluding diaryl/α,β-unsaturated/α-hetero) is 1. The lowest BCUT2D eigenvalue weighted by molar-refractivity contribution is -0.125. The maximum atomic E-state index is 12.3. The van der Waals surface area contributed by atoms with Crippen molar-refractivity contribution in [2.45, 2.75) is 46.4 Å². The molecule has 0 amide bonds. The molecular formula is C15H23NO3S. The van der Waals surface area contributed by atoms with E-state index in [0.717, 1.165) is 11.1 Å². The highest BCUT2D eigenvalue weighted by Gasteiger charge is 2.24. The Kier molecular flexibility index (Phi) is 4.77. The Bertz CT molecular complexity index is 625. The largest absolute Gasteiger partial charge is 0.298 e. The van der Waals surface area contributed by atoms with Crippen molar-refractivity contribution in [1.82, 2.24) is 4.72 Å². The second-order valence-corrected chi connectivity index (χ2v) is 7.94. The number of rotatable bonds is 4. The summed E-state index contributed by atoms with van der Waals surface area (Å²) in [5.74, 6) is -0.137. The first-order chi connectivity index (χ1) is 8.95. The van der Waals surface area contributed by atoms with Crippen LogP contribution < -0.4 is 4.72 Å². The standard InChI is InChI=1S/C15H23NO3S/c1-10-7-12(3)13(8-11(10)2)20(18,19)16-9-14(17)15(4,5)6/h7-8,16H,9H2,1-6H3. The number of benzene rings is 1. The van der Waals surface area contributed by atoms with E-state index in [-0.39, 0.29) is 17.2 Å². The Hall–Kier alpha value is -1.20. The first-order valence-electron chi connectivity index (χ1n) is 6.56. The molecule has 0 radical (unpaired) electrons. The summed E-state index contributed by atoms with van der Waals surface area (Å²) in [5, 5.41) is 0. The Morgan fingerprint density at radius 2 is 1.55 bits per heavy atom. The van der Waals surface area contributed by atoms with Crippen LogP contribution in [0.2, 0.25) is 0 Å². The van der Waals surface area contributed by atoms with E-state index < -0.39 is 15.4 Å². The molecule has 0 heterocycles. The molecule has 0 aromatic heterocycles. The Balaban J connectivity index is 3.02. The second kappa shape index (κ2) is 5.66. The number of aryl methyl sites for hydroxylation is 3. The highest BCUT2D eigenvalue weighted by Crippen LogP contribution is 2.20. The quantitative estimate of drug-likeness (QED) is 0.928. The van der Waals surface area contributed by atoms with Crippen LogP contribution in [0.4, 0.5) is 0 Å². The minimum Gasteiger partial charge on any atom is -0.298 e. The molecule has 0 saturated carbocycles. The average Bonchev–Trinajstić information content (AvgIpc) is 2.29. The van der Waals surface area contributed by atoms with Crippen LogP contribution in [0.15, 0.2) is 17.0 Å². The summed E-state index contributed by atoms with van der Waals surface area (Å²) >= 11 is 0. The minimum absolute atomic E-state index is 0.137. The number of ketones is 1. The topological polar surface area (TPSA) is 63.2 Å². The van der Waals surface area contributed by atoms with Crippen LogP contribution in [0.1, 0.15) is 37.5 Å². The molecule has 0 saturated heterocycles. The fourth-order valence-corrected chi connectivity index (χ4v) is 3.02. The normalized spacial score (nSPS) is 12.5.